The van der Waals surface area contributed by atoms with Gasteiger partial charge in [0.25, 0.3) is 0 Å². The Balaban J connectivity index is 2.89. The maximum absolute atomic E-state index is 3.97. The Morgan fingerprint density at radius 3 is 3.00 bits per heavy atom. The average Bonchev–Trinajstić information content (AvgIpc) is 2.06. The highest BCUT2D eigenvalue weighted by atomic mass is 14.0. The van der Waals surface area contributed by atoms with Gasteiger partial charge in [0.15, 0.2) is 0 Å². The summed E-state index contributed by atoms with van der Waals surface area (Å²) in [6.07, 6.45) is 7.59. The van der Waals surface area contributed by atoms with Crippen molar-refractivity contribution in [2.75, 3.05) is 0 Å². The molecule has 0 fully saturated rings. The molecule has 0 saturated heterocycles. The third-order valence-electron chi connectivity index (χ3n) is 1.99. The summed E-state index contributed by atoms with van der Waals surface area (Å²) in [6, 6.07) is 6.22. The first-order chi connectivity index (χ1) is 5.38. The summed E-state index contributed by atoms with van der Waals surface area (Å²) >= 11 is 0. The minimum Gasteiger partial charge on any atom is -0.0911 e. The standard InChI is InChI=1S/C11H10/c1-9-5-4-7-10-6-2-3-8-11(9)10/h2,4-8H,1,3H2. The molecule has 0 aliphatic heterocycles. The van der Waals surface area contributed by atoms with Crippen molar-refractivity contribution in [3.63, 3.8) is 0 Å². The summed E-state index contributed by atoms with van der Waals surface area (Å²) in [5.41, 5.74) is 1.30. The third-order valence-corrected chi connectivity index (χ3v) is 1.99. The molecule has 0 radical (unpaired) electrons. The Bertz CT molecular complexity index is 397. The molecule has 0 unspecified atom stereocenters. The van der Waals surface area contributed by atoms with Crippen LogP contribution < -0.4 is 10.4 Å². The number of hydrogen-bond donors (Lipinski definition) is 0. The van der Waals surface area contributed by atoms with E-state index in [1.807, 2.05) is 6.07 Å². The fourth-order valence-corrected chi connectivity index (χ4v) is 1.41. The van der Waals surface area contributed by atoms with Crippen LogP contribution in [0.5, 0.6) is 0 Å². The van der Waals surface area contributed by atoms with Crippen LogP contribution in [0.2, 0.25) is 0 Å². The molecule has 0 heteroatoms. The molecule has 0 heterocycles. The second kappa shape index (κ2) is 2.39. The molecule has 0 nitrogen and oxygen atoms in total. The smallest absolute Gasteiger partial charge is 0.0154 e. The van der Waals surface area contributed by atoms with Crippen LogP contribution in [0, 0.1) is 0 Å². The fourth-order valence-electron chi connectivity index (χ4n) is 1.41. The van der Waals surface area contributed by atoms with Gasteiger partial charge in [0.05, 0.1) is 0 Å². The molecular formula is C11H10. The molecule has 11 heavy (non-hydrogen) atoms. The van der Waals surface area contributed by atoms with Gasteiger partial charge in [0.1, 0.15) is 0 Å². The first-order valence-electron chi connectivity index (χ1n) is 3.82. The van der Waals surface area contributed by atoms with Gasteiger partial charge in [-0.1, -0.05) is 43.0 Å². The minimum absolute atomic E-state index is 1.04. The van der Waals surface area contributed by atoms with Crippen LogP contribution in [-0.4, -0.2) is 0 Å². The summed E-state index contributed by atoms with van der Waals surface area (Å²) in [5.74, 6) is 0. The second-order valence-electron chi connectivity index (χ2n) is 2.76. The van der Waals surface area contributed by atoms with E-state index in [1.165, 1.54) is 10.8 Å². The monoisotopic (exact) mass is 142 g/mol. The van der Waals surface area contributed by atoms with Crippen molar-refractivity contribution in [3.8, 4) is 0 Å². The molecular weight excluding hydrogens is 132 g/mol. The molecule has 2 rings (SSSR count). The average molecular weight is 142 g/mol. The maximum atomic E-state index is 3.97. The number of fused-ring (bicyclic) bond motifs is 1. The number of benzene rings is 1. The van der Waals surface area contributed by atoms with Gasteiger partial charge in [0.2, 0.25) is 0 Å². The van der Waals surface area contributed by atoms with Gasteiger partial charge in [-0.05, 0) is 22.4 Å². The predicted octanol–water partition coefficient (Wildman–Crippen LogP) is 1.29. The van der Waals surface area contributed by atoms with E-state index in [2.05, 4.69) is 36.9 Å². The molecule has 1 aromatic rings. The molecule has 0 N–H and O–H groups in total. The van der Waals surface area contributed by atoms with Crippen molar-refractivity contribution in [2.45, 2.75) is 6.42 Å². The van der Waals surface area contributed by atoms with Crippen LogP contribution in [0.15, 0.2) is 24.3 Å². The number of hydrogen-bond acceptors (Lipinski definition) is 0. The molecule has 0 bridgehead atoms. The highest BCUT2D eigenvalue weighted by Gasteiger charge is 1.93. The van der Waals surface area contributed by atoms with Crippen LogP contribution in [-0.2, 0) is 0 Å². The largest absolute Gasteiger partial charge is 0.0911 e. The molecule has 0 atom stereocenters. The highest BCUT2D eigenvalue weighted by molar-refractivity contribution is 5.57. The van der Waals surface area contributed by atoms with Gasteiger partial charge < -0.3 is 0 Å². The van der Waals surface area contributed by atoms with Crippen molar-refractivity contribution in [1.82, 2.24) is 0 Å². The molecule has 0 aromatic heterocycles. The lowest BCUT2D eigenvalue weighted by Crippen LogP contribution is -2.26. The first-order valence-corrected chi connectivity index (χ1v) is 3.82. The summed E-state index contributed by atoms with van der Waals surface area (Å²) in [7, 11) is 0. The molecule has 1 aromatic carbocycles. The fraction of sp³-hybridized carbons (Fsp3) is 0.0909. The zero-order valence-electron chi connectivity index (χ0n) is 6.38. The quantitative estimate of drug-likeness (QED) is 0.512. The lowest BCUT2D eigenvalue weighted by Gasteiger charge is -2.00. The number of rotatable bonds is 0. The Morgan fingerprint density at radius 1 is 1.27 bits per heavy atom. The Hall–Kier alpha value is -1.30. The number of allylic oxidation sites excluding steroid dienone is 1. The van der Waals surface area contributed by atoms with E-state index in [0.717, 1.165) is 11.6 Å². The predicted molar refractivity (Wildman–Crippen MR) is 49.3 cm³/mol. The van der Waals surface area contributed by atoms with Crippen LogP contribution in [0.25, 0.3) is 18.7 Å². The van der Waals surface area contributed by atoms with Gasteiger partial charge >= 0.3 is 0 Å². The summed E-state index contributed by atoms with van der Waals surface area (Å²) in [6.45, 7) is 3.97. The maximum Gasteiger partial charge on any atom is -0.0154 e. The van der Waals surface area contributed by atoms with E-state index < -0.39 is 0 Å². The zero-order valence-corrected chi connectivity index (χ0v) is 6.38. The van der Waals surface area contributed by atoms with E-state index in [9.17, 15) is 0 Å². The van der Waals surface area contributed by atoms with Gasteiger partial charge in [-0.2, -0.15) is 0 Å². The van der Waals surface area contributed by atoms with Gasteiger partial charge in [-0.3, -0.25) is 0 Å². The highest BCUT2D eigenvalue weighted by Crippen LogP contribution is 2.00. The molecule has 0 spiro atoms. The lowest BCUT2D eigenvalue weighted by molar-refractivity contribution is 1.38. The van der Waals surface area contributed by atoms with Crippen molar-refractivity contribution >= 4 is 18.7 Å². The Labute approximate surface area is 66.2 Å². The van der Waals surface area contributed by atoms with Crippen LogP contribution >= 0.6 is 0 Å². The Morgan fingerprint density at radius 2 is 2.18 bits per heavy atom. The Kier molecular flexibility index (Phi) is 1.39. The molecule has 0 amide bonds. The van der Waals surface area contributed by atoms with E-state index in [0.29, 0.717) is 0 Å². The van der Waals surface area contributed by atoms with E-state index >= 15 is 0 Å². The van der Waals surface area contributed by atoms with Crippen molar-refractivity contribution in [3.05, 3.63) is 40.3 Å². The minimum atomic E-state index is 1.04. The van der Waals surface area contributed by atoms with Crippen molar-refractivity contribution in [1.29, 1.82) is 0 Å². The SMILES string of the molecule is C=c1cccc2c1=CCC=C2. The second-order valence-corrected chi connectivity index (χ2v) is 2.76. The zero-order chi connectivity index (χ0) is 7.68. The van der Waals surface area contributed by atoms with Gasteiger partial charge in [-0.25, -0.2) is 0 Å². The topological polar surface area (TPSA) is 0 Å². The molecule has 0 saturated carbocycles. The van der Waals surface area contributed by atoms with Crippen LogP contribution in [0.4, 0.5) is 0 Å². The molecule has 1 aliphatic carbocycles. The summed E-state index contributed by atoms with van der Waals surface area (Å²) in [4.78, 5) is 0. The van der Waals surface area contributed by atoms with E-state index in [1.54, 1.807) is 0 Å². The van der Waals surface area contributed by atoms with Gasteiger partial charge in [-0.15, -0.1) is 0 Å². The van der Waals surface area contributed by atoms with Gasteiger partial charge in [0, 0.05) is 0 Å². The molecule has 54 valence electrons. The van der Waals surface area contributed by atoms with E-state index in [4.69, 9.17) is 0 Å². The molecule has 1 aliphatic rings. The normalized spacial score (nSPS) is 13.8. The first kappa shape index (κ1) is 6.41. The summed E-state index contributed by atoms with van der Waals surface area (Å²) < 4.78 is 0. The lowest BCUT2D eigenvalue weighted by atomic mass is 10.0. The summed E-state index contributed by atoms with van der Waals surface area (Å²) in [5, 5.41) is 2.43. The van der Waals surface area contributed by atoms with Crippen LogP contribution in [0.1, 0.15) is 12.0 Å². The van der Waals surface area contributed by atoms with E-state index in [-0.39, 0.29) is 0 Å². The van der Waals surface area contributed by atoms with Crippen molar-refractivity contribution < 1.29 is 0 Å². The third kappa shape index (κ3) is 1.01. The van der Waals surface area contributed by atoms with Crippen LogP contribution in [0.3, 0.4) is 0 Å². The van der Waals surface area contributed by atoms with Crippen molar-refractivity contribution in [2.24, 2.45) is 0 Å².